The van der Waals surface area contributed by atoms with Gasteiger partial charge in [0.05, 0.1) is 27.3 Å². The molecule has 0 spiro atoms. The summed E-state index contributed by atoms with van der Waals surface area (Å²) < 4.78 is 30.3. The highest BCUT2D eigenvalue weighted by molar-refractivity contribution is 7.89. The van der Waals surface area contributed by atoms with E-state index in [0.29, 0.717) is 13.2 Å². The van der Waals surface area contributed by atoms with Crippen molar-refractivity contribution in [1.82, 2.24) is 15.0 Å². The summed E-state index contributed by atoms with van der Waals surface area (Å²) in [6, 6.07) is 6.53. The van der Waals surface area contributed by atoms with E-state index in [4.69, 9.17) is 19.8 Å². The predicted molar refractivity (Wildman–Crippen MR) is 142 cm³/mol. The van der Waals surface area contributed by atoms with Gasteiger partial charge in [0.1, 0.15) is 22.8 Å². The lowest BCUT2D eigenvalue weighted by molar-refractivity contribution is -0.0395. The minimum absolute atomic E-state index is 0.0942. The average molecular weight is 525 g/mol. The van der Waals surface area contributed by atoms with Gasteiger partial charge in [0.15, 0.2) is 0 Å². The van der Waals surface area contributed by atoms with Crippen LogP contribution < -0.4 is 15.4 Å². The van der Waals surface area contributed by atoms with Gasteiger partial charge < -0.3 is 15.0 Å². The molecule has 2 aliphatic heterocycles. The van der Waals surface area contributed by atoms with E-state index in [-0.39, 0.29) is 10.5 Å². The van der Waals surface area contributed by atoms with Crippen molar-refractivity contribution in [3.05, 3.63) is 47.3 Å². The van der Waals surface area contributed by atoms with Crippen LogP contribution in [0.1, 0.15) is 43.4 Å². The van der Waals surface area contributed by atoms with Crippen molar-refractivity contribution in [2.45, 2.75) is 56.8 Å². The Morgan fingerprint density at radius 2 is 1.89 bits per heavy atom. The number of anilines is 2. The number of benzene rings is 1. The van der Waals surface area contributed by atoms with E-state index < -0.39 is 10.0 Å². The molecule has 6 rings (SSSR count). The van der Waals surface area contributed by atoms with Gasteiger partial charge in [-0.05, 0) is 49.9 Å². The Bertz CT molecular complexity index is 1580. The zero-order valence-corrected chi connectivity index (χ0v) is 21.9. The number of nitrogens with two attached hydrogens (primary N) is 1. The summed E-state index contributed by atoms with van der Waals surface area (Å²) in [7, 11) is -3.71. The first-order valence-electron chi connectivity index (χ1n) is 12.0. The number of hydrogen-bond donors (Lipinski definition) is 2. The van der Waals surface area contributed by atoms with Crippen molar-refractivity contribution in [1.29, 1.82) is 0 Å². The molecule has 3 N–H and O–H groups in total. The summed E-state index contributed by atoms with van der Waals surface area (Å²) in [5, 5.41) is 9.72. The monoisotopic (exact) mass is 524 g/mol. The molecule has 188 valence electrons. The highest BCUT2D eigenvalue weighted by Gasteiger charge is 2.33. The Morgan fingerprint density at radius 3 is 2.61 bits per heavy atom. The number of hydrogen-bond acceptors (Lipinski definition) is 9. The SMILES string of the molecule is CC1(C)Cc2c(c(N3CCCC3)nc3sc4c(NCc5ccc(S(N)(=O)=O)cc5)ncnc4c23)CO1. The lowest BCUT2D eigenvalue weighted by Gasteiger charge is -2.34. The largest absolute Gasteiger partial charge is 0.370 e. The van der Waals surface area contributed by atoms with Crippen LogP contribution in [0.25, 0.3) is 20.4 Å². The molecule has 36 heavy (non-hydrogen) atoms. The molecule has 0 atom stereocenters. The summed E-state index contributed by atoms with van der Waals surface area (Å²) in [6.07, 6.45) is 4.76. The van der Waals surface area contributed by atoms with Crippen LogP contribution in [0, 0.1) is 0 Å². The first-order chi connectivity index (χ1) is 17.2. The van der Waals surface area contributed by atoms with E-state index in [1.165, 1.54) is 36.1 Å². The first-order valence-corrected chi connectivity index (χ1v) is 14.4. The molecule has 1 aromatic carbocycles. The molecule has 9 nitrogen and oxygen atoms in total. The Labute approximate surface area is 213 Å². The molecule has 3 aromatic heterocycles. The fourth-order valence-electron chi connectivity index (χ4n) is 5.09. The standard InChI is InChI=1S/C25H28N6O3S2/c1-25(2)11-17-18(13-34-25)23(31-9-3-4-10-31)30-24-19(17)20-21(35-24)22(29-14-28-20)27-12-15-5-7-16(8-6-15)36(26,32)33/h5-8,14H,3-4,9-13H2,1-2H3,(H2,26,32,33)(H,27,28,29). The van der Waals surface area contributed by atoms with Crippen LogP contribution in [0.4, 0.5) is 11.6 Å². The number of nitrogens with zero attached hydrogens (tertiary/aromatic N) is 4. The molecule has 2 aliphatic rings. The predicted octanol–water partition coefficient (Wildman–Crippen LogP) is 3.95. The number of nitrogens with one attached hydrogen (secondary N) is 1. The summed E-state index contributed by atoms with van der Waals surface area (Å²) in [4.78, 5) is 17.8. The number of ether oxygens (including phenoxy) is 1. The van der Waals surface area contributed by atoms with Crippen molar-refractivity contribution in [2.24, 2.45) is 5.14 Å². The van der Waals surface area contributed by atoms with Gasteiger partial charge in [-0.1, -0.05) is 12.1 Å². The Hall–Kier alpha value is -2.86. The van der Waals surface area contributed by atoms with E-state index in [1.807, 2.05) is 0 Å². The fourth-order valence-corrected chi connectivity index (χ4v) is 6.72. The molecule has 1 saturated heterocycles. The molecular weight excluding hydrogens is 496 g/mol. The zero-order valence-electron chi connectivity index (χ0n) is 20.2. The van der Waals surface area contributed by atoms with Crippen molar-refractivity contribution < 1.29 is 13.2 Å². The van der Waals surface area contributed by atoms with Crippen LogP contribution in [0.15, 0.2) is 35.5 Å². The molecule has 4 aromatic rings. The quantitative estimate of drug-likeness (QED) is 0.402. The molecule has 0 bridgehead atoms. The van der Waals surface area contributed by atoms with Gasteiger partial charge in [0.25, 0.3) is 0 Å². The van der Waals surface area contributed by atoms with E-state index in [2.05, 4.69) is 29.0 Å². The molecule has 11 heteroatoms. The molecule has 0 amide bonds. The maximum atomic E-state index is 11.5. The highest BCUT2D eigenvalue weighted by atomic mass is 32.2. The number of fused-ring (bicyclic) bond motifs is 5. The maximum absolute atomic E-state index is 11.5. The smallest absolute Gasteiger partial charge is 0.238 e. The summed E-state index contributed by atoms with van der Waals surface area (Å²) in [5.74, 6) is 1.79. The maximum Gasteiger partial charge on any atom is 0.238 e. The van der Waals surface area contributed by atoms with Gasteiger partial charge in [-0.15, -0.1) is 11.3 Å². The van der Waals surface area contributed by atoms with Crippen molar-refractivity contribution in [3.8, 4) is 0 Å². The second-order valence-corrected chi connectivity index (χ2v) is 12.6. The van der Waals surface area contributed by atoms with E-state index in [1.54, 1.807) is 29.8 Å². The number of primary sulfonamides is 1. The molecule has 1 fully saturated rings. The molecule has 0 unspecified atom stereocenters. The summed E-state index contributed by atoms with van der Waals surface area (Å²) in [6.45, 7) is 7.35. The highest BCUT2D eigenvalue weighted by Crippen LogP contribution is 2.44. The van der Waals surface area contributed by atoms with Crippen LogP contribution in [0.2, 0.25) is 0 Å². The van der Waals surface area contributed by atoms with Gasteiger partial charge in [-0.2, -0.15) is 0 Å². The van der Waals surface area contributed by atoms with Gasteiger partial charge in [0.2, 0.25) is 10.0 Å². The van der Waals surface area contributed by atoms with Crippen LogP contribution >= 0.6 is 11.3 Å². The molecule has 5 heterocycles. The Kier molecular flexibility index (Phi) is 5.63. The van der Waals surface area contributed by atoms with Crippen LogP contribution in [0.5, 0.6) is 0 Å². The summed E-state index contributed by atoms with van der Waals surface area (Å²) >= 11 is 1.61. The number of sulfonamides is 1. The second-order valence-electron chi connectivity index (χ2n) is 10.0. The average Bonchev–Trinajstić information content (AvgIpc) is 3.49. The number of thiophene rings is 1. The normalized spacial score (nSPS) is 17.6. The Balaban J connectivity index is 1.42. The third kappa shape index (κ3) is 4.19. The summed E-state index contributed by atoms with van der Waals surface area (Å²) in [5.41, 5.74) is 4.04. The Morgan fingerprint density at radius 1 is 1.14 bits per heavy atom. The van der Waals surface area contributed by atoms with E-state index >= 15 is 0 Å². The number of rotatable bonds is 5. The van der Waals surface area contributed by atoms with Crippen molar-refractivity contribution in [2.75, 3.05) is 23.3 Å². The fraction of sp³-hybridized carbons (Fsp3) is 0.400. The van der Waals surface area contributed by atoms with E-state index in [0.717, 1.165) is 57.1 Å². The molecular formula is C25H28N6O3S2. The molecule has 0 saturated carbocycles. The van der Waals surface area contributed by atoms with Crippen molar-refractivity contribution >= 4 is 53.4 Å². The minimum atomic E-state index is -3.71. The van der Waals surface area contributed by atoms with Gasteiger partial charge in [-0.3, -0.25) is 0 Å². The van der Waals surface area contributed by atoms with Crippen LogP contribution in [-0.2, 0) is 34.3 Å². The topological polar surface area (TPSA) is 123 Å². The van der Waals surface area contributed by atoms with Crippen LogP contribution in [0.3, 0.4) is 0 Å². The minimum Gasteiger partial charge on any atom is -0.370 e. The van der Waals surface area contributed by atoms with Gasteiger partial charge >= 0.3 is 0 Å². The van der Waals surface area contributed by atoms with Crippen molar-refractivity contribution in [3.63, 3.8) is 0 Å². The second kappa shape index (κ2) is 8.62. The van der Waals surface area contributed by atoms with Crippen LogP contribution in [-0.4, -0.2) is 42.1 Å². The van der Waals surface area contributed by atoms with Gasteiger partial charge in [-0.25, -0.2) is 28.5 Å². The first kappa shape index (κ1) is 23.5. The lowest BCUT2D eigenvalue weighted by Crippen LogP contribution is -2.33. The molecule has 0 aliphatic carbocycles. The van der Waals surface area contributed by atoms with Gasteiger partial charge in [0, 0.05) is 37.0 Å². The number of aromatic nitrogens is 3. The zero-order chi connectivity index (χ0) is 25.1. The van der Waals surface area contributed by atoms with E-state index in [9.17, 15) is 8.42 Å². The molecule has 0 radical (unpaired) electrons. The lowest BCUT2D eigenvalue weighted by atomic mass is 9.90. The third-order valence-corrected chi connectivity index (χ3v) is 8.93. The number of pyridine rings is 1. The third-order valence-electron chi connectivity index (χ3n) is 6.92.